The van der Waals surface area contributed by atoms with Crippen molar-refractivity contribution in [3.05, 3.63) is 0 Å². The van der Waals surface area contributed by atoms with Crippen molar-refractivity contribution in [1.29, 1.82) is 0 Å². The molecule has 2 rings (SSSR count). The number of nitrogens with one attached hydrogen (secondary N) is 1. The highest BCUT2D eigenvalue weighted by molar-refractivity contribution is 5.94. The summed E-state index contributed by atoms with van der Waals surface area (Å²) in [6.07, 6.45) is 1.94. The van der Waals surface area contributed by atoms with Crippen molar-refractivity contribution < 1.29 is 9.53 Å². The summed E-state index contributed by atoms with van der Waals surface area (Å²) >= 11 is 0. The Morgan fingerprint density at radius 2 is 2.27 bits per heavy atom. The molecule has 5 nitrogen and oxygen atoms in total. The molecule has 0 aromatic heterocycles. The topological polar surface area (TPSA) is 80.0 Å². The van der Waals surface area contributed by atoms with Crippen molar-refractivity contribution in [1.82, 2.24) is 5.43 Å². The van der Waals surface area contributed by atoms with Crippen LogP contribution in [-0.4, -0.2) is 23.4 Å². The summed E-state index contributed by atoms with van der Waals surface area (Å²) in [7, 11) is 0. The molecule has 1 saturated carbocycles. The Bertz CT molecular complexity index is 335. The molecule has 0 bridgehead atoms. The Morgan fingerprint density at radius 3 is 2.87 bits per heavy atom. The second-order valence-electron chi connectivity index (χ2n) is 5.41. The smallest absolute Gasteiger partial charge is 0.332 e. The third kappa shape index (κ3) is 1.97. The van der Waals surface area contributed by atoms with Crippen LogP contribution in [0.1, 0.15) is 33.6 Å². The fourth-order valence-corrected chi connectivity index (χ4v) is 2.61. The largest absolute Gasteiger partial charge is 0.360 e. The van der Waals surface area contributed by atoms with Crippen LogP contribution in [0.4, 0.5) is 4.79 Å². The van der Waals surface area contributed by atoms with Crippen LogP contribution >= 0.6 is 0 Å². The summed E-state index contributed by atoms with van der Waals surface area (Å²) in [6.45, 7) is 6.43. The average molecular weight is 211 g/mol. The SMILES string of the molecule is CC1(C)CC(=NNC(N)=O)C2OC2(C)C1. The monoisotopic (exact) mass is 211 g/mol. The van der Waals surface area contributed by atoms with E-state index in [1.54, 1.807) is 0 Å². The van der Waals surface area contributed by atoms with E-state index in [4.69, 9.17) is 10.5 Å². The molecule has 2 aliphatic rings. The minimum Gasteiger partial charge on any atom is -0.360 e. The first kappa shape index (κ1) is 10.4. The maximum absolute atomic E-state index is 10.6. The van der Waals surface area contributed by atoms with Crippen LogP contribution in [0.3, 0.4) is 0 Å². The molecule has 1 saturated heterocycles. The third-order valence-electron chi connectivity index (χ3n) is 2.99. The molecule has 5 heteroatoms. The fourth-order valence-electron chi connectivity index (χ4n) is 2.61. The zero-order valence-electron chi connectivity index (χ0n) is 9.33. The number of primary amides is 1. The van der Waals surface area contributed by atoms with Gasteiger partial charge in [-0.05, 0) is 25.2 Å². The van der Waals surface area contributed by atoms with Gasteiger partial charge in [-0.25, -0.2) is 10.2 Å². The normalized spacial score (nSPS) is 39.7. The minimum absolute atomic E-state index is 0.0670. The van der Waals surface area contributed by atoms with Crippen LogP contribution in [0.25, 0.3) is 0 Å². The summed E-state index contributed by atoms with van der Waals surface area (Å²) in [6, 6.07) is -0.631. The van der Waals surface area contributed by atoms with Crippen molar-refractivity contribution in [3.63, 3.8) is 0 Å². The Kier molecular flexibility index (Phi) is 2.05. The van der Waals surface area contributed by atoms with Gasteiger partial charge in [-0.15, -0.1) is 0 Å². The lowest BCUT2D eigenvalue weighted by Crippen LogP contribution is -2.37. The zero-order chi connectivity index (χ0) is 11.3. The van der Waals surface area contributed by atoms with Gasteiger partial charge in [0, 0.05) is 0 Å². The quantitative estimate of drug-likeness (QED) is 0.501. The predicted octanol–water partition coefficient (Wildman–Crippen LogP) is 0.988. The van der Waals surface area contributed by atoms with Gasteiger partial charge in [0.05, 0.1) is 11.3 Å². The van der Waals surface area contributed by atoms with Crippen LogP contribution in [0, 0.1) is 5.41 Å². The van der Waals surface area contributed by atoms with Gasteiger partial charge in [0.15, 0.2) is 0 Å². The van der Waals surface area contributed by atoms with Gasteiger partial charge in [-0.2, -0.15) is 5.10 Å². The molecule has 0 aromatic rings. The Morgan fingerprint density at radius 1 is 1.60 bits per heavy atom. The van der Waals surface area contributed by atoms with Gasteiger partial charge >= 0.3 is 6.03 Å². The number of nitrogens with two attached hydrogens (primary N) is 1. The Labute approximate surface area is 89.0 Å². The Balaban J connectivity index is 2.13. The van der Waals surface area contributed by atoms with E-state index in [0.29, 0.717) is 0 Å². The summed E-state index contributed by atoms with van der Waals surface area (Å²) in [5, 5.41) is 4.01. The molecule has 84 valence electrons. The van der Waals surface area contributed by atoms with Crippen LogP contribution < -0.4 is 11.2 Å². The molecule has 2 fully saturated rings. The molecule has 1 aliphatic heterocycles. The van der Waals surface area contributed by atoms with Crippen molar-refractivity contribution >= 4 is 11.7 Å². The minimum atomic E-state index is -0.631. The third-order valence-corrected chi connectivity index (χ3v) is 2.99. The van der Waals surface area contributed by atoms with Gasteiger partial charge in [-0.1, -0.05) is 13.8 Å². The van der Waals surface area contributed by atoms with Gasteiger partial charge in [0.25, 0.3) is 0 Å². The number of urea groups is 1. The lowest BCUT2D eigenvalue weighted by Gasteiger charge is -2.31. The van der Waals surface area contributed by atoms with E-state index in [9.17, 15) is 4.79 Å². The van der Waals surface area contributed by atoms with Gasteiger partial charge in [-0.3, -0.25) is 0 Å². The molecule has 2 amide bonds. The lowest BCUT2D eigenvalue weighted by atomic mass is 9.72. The van der Waals surface area contributed by atoms with Crippen molar-refractivity contribution in [2.45, 2.75) is 45.3 Å². The highest BCUT2D eigenvalue weighted by atomic mass is 16.6. The first-order valence-electron chi connectivity index (χ1n) is 5.12. The van der Waals surface area contributed by atoms with Crippen LogP contribution in [0.2, 0.25) is 0 Å². The summed E-state index contributed by atoms with van der Waals surface area (Å²) in [5.74, 6) is 0. The van der Waals surface area contributed by atoms with E-state index in [1.807, 2.05) is 0 Å². The lowest BCUT2D eigenvalue weighted by molar-refractivity contribution is 0.224. The van der Waals surface area contributed by atoms with Crippen LogP contribution in [0.15, 0.2) is 5.10 Å². The summed E-state index contributed by atoms with van der Waals surface area (Å²) < 4.78 is 5.62. The number of carbonyl (C=O) groups excluding carboxylic acids is 1. The number of hydrazone groups is 1. The van der Waals surface area contributed by atoms with Crippen LogP contribution in [0.5, 0.6) is 0 Å². The highest BCUT2D eigenvalue weighted by Crippen LogP contribution is 2.52. The van der Waals surface area contributed by atoms with E-state index in [0.717, 1.165) is 18.6 Å². The van der Waals surface area contributed by atoms with Gasteiger partial charge in [0.1, 0.15) is 6.10 Å². The van der Waals surface area contributed by atoms with Crippen molar-refractivity contribution in [2.75, 3.05) is 0 Å². The number of hydrogen-bond acceptors (Lipinski definition) is 3. The highest BCUT2D eigenvalue weighted by Gasteiger charge is 2.61. The second kappa shape index (κ2) is 2.95. The number of carbonyl (C=O) groups is 1. The molecular formula is C10H17N3O2. The zero-order valence-corrected chi connectivity index (χ0v) is 9.33. The molecular weight excluding hydrogens is 194 g/mol. The summed E-state index contributed by atoms with van der Waals surface area (Å²) in [4.78, 5) is 10.6. The molecule has 15 heavy (non-hydrogen) atoms. The van der Waals surface area contributed by atoms with Crippen molar-refractivity contribution in [2.24, 2.45) is 16.3 Å². The first-order chi connectivity index (χ1) is 6.82. The predicted molar refractivity (Wildman–Crippen MR) is 56.4 cm³/mol. The van der Waals surface area contributed by atoms with E-state index in [-0.39, 0.29) is 17.1 Å². The molecule has 2 unspecified atom stereocenters. The molecule has 1 aliphatic carbocycles. The molecule has 2 atom stereocenters. The second-order valence-corrected chi connectivity index (χ2v) is 5.41. The number of nitrogens with zero attached hydrogens (tertiary/aromatic N) is 1. The maximum atomic E-state index is 10.6. The van der Waals surface area contributed by atoms with Gasteiger partial charge < -0.3 is 10.5 Å². The number of rotatable bonds is 1. The van der Waals surface area contributed by atoms with E-state index in [2.05, 4.69) is 31.3 Å². The molecule has 3 N–H and O–H groups in total. The maximum Gasteiger partial charge on any atom is 0.332 e. The van der Waals surface area contributed by atoms with Gasteiger partial charge in [0.2, 0.25) is 0 Å². The summed E-state index contributed by atoms with van der Waals surface area (Å²) in [5.41, 5.74) is 8.22. The first-order valence-corrected chi connectivity index (χ1v) is 5.12. The molecule has 0 radical (unpaired) electrons. The molecule has 0 spiro atoms. The van der Waals surface area contributed by atoms with Crippen molar-refractivity contribution in [3.8, 4) is 0 Å². The average Bonchev–Trinajstić information content (AvgIpc) is 2.69. The molecule has 1 heterocycles. The Hall–Kier alpha value is -1.10. The number of ether oxygens (including phenoxy) is 1. The van der Waals surface area contributed by atoms with Crippen LogP contribution in [-0.2, 0) is 4.74 Å². The fraction of sp³-hybridized carbons (Fsp3) is 0.800. The standard InChI is InChI=1S/C10H17N3O2/c1-9(2)4-6(12-13-8(11)14)7-10(3,5-9)15-7/h7H,4-5H2,1-3H3,(H3,11,13,14). The van der Waals surface area contributed by atoms with E-state index < -0.39 is 6.03 Å². The number of hydrogen-bond donors (Lipinski definition) is 2. The van der Waals surface area contributed by atoms with E-state index in [1.165, 1.54) is 0 Å². The number of fused-ring (bicyclic) bond motifs is 1. The number of amides is 2. The molecule has 0 aromatic carbocycles. The number of epoxide rings is 1. The van der Waals surface area contributed by atoms with E-state index >= 15 is 0 Å².